The molecule has 0 aliphatic rings. The summed E-state index contributed by atoms with van der Waals surface area (Å²) in [5, 5.41) is 5.55. The minimum atomic E-state index is -0.202. The van der Waals surface area contributed by atoms with Crippen LogP contribution in [-0.2, 0) is 4.74 Å². The first-order chi connectivity index (χ1) is 8.59. The van der Waals surface area contributed by atoms with Gasteiger partial charge >= 0.3 is 6.03 Å². The van der Waals surface area contributed by atoms with Gasteiger partial charge in [0.15, 0.2) is 0 Å². The highest BCUT2D eigenvalue weighted by Crippen LogP contribution is 2.20. The molecule has 5 heteroatoms. The summed E-state index contributed by atoms with van der Waals surface area (Å²) in [5.74, 6) is 0. The van der Waals surface area contributed by atoms with E-state index in [0.717, 1.165) is 16.6 Å². The third-order valence-corrected chi connectivity index (χ3v) is 2.87. The molecule has 0 saturated carbocycles. The Bertz CT molecular complexity index is 383. The van der Waals surface area contributed by atoms with Crippen LogP contribution < -0.4 is 10.6 Å². The first kappa shape index (κ1) is 15.0. The van der Waals surface area contributed by atoms with Crippen molar-refractivity contribution < 1.29 is 9.53 Å². The van der Waals surface area contributed by atoms with Gasteiger partial charge in [-0.1, -0.05) is 12.1 Å². The fraction of sp³-hybridized carbons (Fsp3) is 0.462. The van der Waals surface area contributed by atoms with Crippen LogP contribution in [0.25, 0.3) is 0 Å². The number of ether oxygens (including phenoxy) is 1. The molecule has 0 unspecified atom stereocenters. The van der Waals surface area contributed by atoms with Gasteiger partial charge in [-0.25, -0.2) is 4.79 Å². The summed E-state index contributed by atoms with van der Waals surface area (Å²) >= 11 is 3.37. The predicted molar refractivity (Wildman–Crippen MR) is 76.9 cm³/mol. The van der Waals surface area contributed by atoms with Crippen LogP contribution in [0.4, 0.5) is 10.5 Å². The van der Waals surface area contributed by atoms with Crippen molar-refractivity contribution in [2.45, 2.75) is 26.4 Å². The van der Waals surface area contributed by atoms with Gasteiger partial charge in [-0.15, -0.1) is 0 Å². The molecule has 2 amide bonds. The van der Waals surface area contributed by atoms with Gasteiger partial charge in [0.05, 0.1) is 11.8 Å². The van der Waals surface area contributed by atoms with Crippen LogP contribution in [0.2, 0.25) is 0 Å². The van der Waals surface area contributed by atoms with E-state index in [-0.39, 0.29) is 12.1 Å². The van der Waals surface area contributed by atoms with Gasteiger partial charge in [0.25, 0.3) is 0 Å². The van der Waals surface area contributed by atoms with Crippen LogP contribution in [0.5, 0.6) is 0 Å². The zero-order valence-corrected chi connectivity index (χ0v) is 12.3. The fourth-order valence-electron chi connectivity index (χ4n) is 1.32. The number of hydrogen-bond donors (Lipinski definition) is 2. The molecule has 0 fully saturated rings. The van der Waals surface area contributed by atoms with Crippen molar-refractivity contribution >= 4 is 27.6 Å². The molecule has 0 aliphatic heterocycles. The first-order valence-corrected chi connectivity index (χ1v) is 6.80. The first-order valence-electron chi connectivity index (χ1n) is 6.00. The normalized spacial score (nSPS) is 10.4. The van der Waals surface area contributed by atoms with Gasteiger partial charge < -0.3 is 15.4 Å². The largest absolute Gasteiger partial charge is 0.379 e. The van der Waals surface area contributed by atoms with Crippen molar-refractivity contribution in [1.29, 1.82) is 0 Å². The van der Waals surface area contributed by atoms with Crippen LogP contribution in [-0.4, -0.2) is 25.3 Å². The summed E-state index contributed by atoms with van der Waals surface area (Å²) in [6.07, 6.45) is 1.04. The molecule has 4 nitrogen and oxygen atoms in total. The second-order valence-corrected chi connectivity index (χ2v) is 4.99. The Balaban J connectivity index is 2.20. The summed E-state index contributed by atoms with van der Waals surface area (Å²) < 4.78 is 6.25. The number of para-hydroxylation sites is 1. The van der Waals surface area contributed by atoms with E-state index in [1.54, 1.807) is 0 Å². The SMILES string of the molecule is CC(C)OCCCNC(=O)Nc1ccccc1Br. The highest BCUT2D eigenvalue weighted by atomic mass is 79.9. The van der Waals surface area contributed by atoms with Gasteiger partial charge in [-0.05, 0) is 48.3 Å². The van der Waals surface area contributed by atoms with E-state index in [4.69, 9.17) is 4.74 Å². The third kappa shape index (κ3) is 6.02. The molecule has 1 aromatic rings. The maximum atomic E-state index is 11.6. The number of anilines is 1. The highest BCUT2D eigenvalue weighted by Gasteiger charge is 2.03. The predicted octanol–water partition coefficient (Wildman–Crippen LogP) is 3.39. The monoisotopic (exact) mass is 314 g/mol. The van der Waals surface area contributed by atoms with Crippen molar-refractivity contribution in [3.05, 3.63) is 28.7 Å². The van der Waals surface area contributed by atoms with Gasteiger partial charge in [0.2, 0.25) is 0 Å². The lowest BCUT2D eigenvalue weighted by Gasteiger charge is -2.10. The maximum absolute atomic E-state index is 11.6. The van der Waals surface area contributed by atoms with E-state index < -0.39 is 0 Å². The molecule has 18 heavy (non-hydrogen) atoms. The van der Waals surface area contributed by atoms with Gasteiger partial charge in [0, 0.05) is 17.6 Å². The number of halogens is 1. The van der Waals surface area contributed by atoms with E-state index in [9.17, 15) is 4.79 Å². The van der Waals surface area contributed by atoms with Crippen molar-refractivity contribution in [3.63, 3.8) is 0 Å². The van der Waals surface area contributed by atoms with E-state index in [2.05, 4.69) is 26.6 Å². The van der Waals surface area contributed by atoms with Crippen molar-refractivity contribution in [1.82, 2.24) is 5.32 Å². The Morgan fingerprint density at radius 3 is 2.78 bits per heavy atom. The summed E-state index contributed by atoms with van der Waals surface area (Å²) in [5.41, 5.74) is 0.758. The number of carbonyl (C=O) groups excluding carboxylic acids is 1. The Labute approximate surface area is 116 Å². The van der Waals surface area contributed by atoms with Crippen LogP contribution in [0.1, 0.15) is 20.3 Å². The molecule has 2 N–H and O–H groups in total. The van der Waals surface area contributed by atoms with Crippen LogP contribution >= 0.6 is 15.9 Å². The number of carbonyl (C=O) groups is 1. The average Bonchev–Trinajstić information content (AvgIpc) is 2.31. The van der Waals surface area contributed by atoms with Crippen LogP contribution in [0.15, 0.2) is 28.7 Å². The number of hydrogen-bond acceptors (Lipinski definition) is 2. The molecular weight excluding hydrogens is 296 g/mol. The van der Waals surface area contributed by atoms with E-state index in [0.29, 0.717) is 13.2 Å². The molecular formula is C13H19BrN2O2. The minimum absolute atomic E-state index is 0.202. The fourth-order valence-corrected chi connectivity index (χ4v) is 1.71. The molecule has 1 rings (SSSR count). The topological polar surface area (TPSA) is 50.4 Å². The van der Waals surface area contributed by atoms with E-state index >= 15 is 0 Å². The number of urea groups is 1. The molecule has 0 aromatic heterocycles. The molecule has 0 spiro atoms. The van der Waals surface area contributed by atoms with Gasteiger partial charge in [0.1, 0.15) is 0 Å². The lowest BCUT2D eigenvalue weighted by molar-refractivity contribution is 0.0775. The number of rotatable bonds is 6. The van der Waals surface area contributed by atoms with E-state index in [1.807, 2.05) is 38.1 Å². The number of amides is 2. The molecule has 0 bridgehead atoms. The lowest BCUT2D eigenvalue weighted by Crippen LogP contribution is -2.30. The van der Waals surface area contributed by atoms with Crippen LogP contribution in [0, 0.1) is 0 Å². The smallest absolute Gasteiger partial charge is 0.319 e. The van der Waals surface area contributed by atoms with Gasteiger partial charge in [-0.3, -0.25) is 0 Å². The van der Waals surface area contributed by atoms with Gasteiger partial charge in [-0.2, -0.15) is 0 Å². The third-order valence-electron chi connectivity index (χ3n) is 2.18. The zero-order chi connectivity index (χ0) is 13.4. The quantitative estimate of drug-likeness (QED) is 0.791. The number of benzene rings is 1. The van der Waals surface area contributed by atoms with E-state index in [1.165, 1.54) is 0 Å². The zero-order valence-electron chi connectivity index (χ0n) is 10.7. The summed E-state index contributed by atoms with van der Waals surface area (Å²) in [6, 6.07) is 7.29. The Morgan fingerprint density at radius 2 is 2.11 bits per heavy atom. The Hall–Kier alpha value is -1.07. The Morgan fingerprint density at radius 1 is 1.39 bits per heavy atom. The Kier molecular flexibility index (Phi) is 6.75. The van der Waals surface area contributed by atoms with Crippen LogP contribution in [0.3, 0.4) is 0 Å². The highest BCUT2D eigenvalue weighted by molar-refractivity contribution is 9.10. The summed E-state index contributed by atoms with van der Waals surface area (Å²) in [4.78, 5) is 11.6. The summed E-state index contributed by atoms with van der Waals surface area (Å²) in [6.45, 7) is 5.25. The molecule has 1 aromatic carbocycles. The average molecular weight is 315 g/mol. The molecule has 0 saturated heterocycles. The molecule has 100 valence electrons. The molecule has 0 radical (unpaired) electrons. The molecule has 0 heterocycles. The standard InChI is InChI=1S/C13H19BrN2O2/c1-10(2)18-9-5-8-15-13(17)16-12-7-4-3-6-11(12)14/h3-4,6-7,10H,5,8-9H2,1-2H3,(H2,15,16,17). The lowest BCUT2D eigenvalue weighted by atomic mass is 10.3. The van der Waals surface area contributed by atoms with Crippen molar-refractivity contribution in [2.75, 3.05) is 18.5 Å². The molecule has 0 aliphatic carbocycles. The second-order valence-electron chi connectivity index (χ2n) is 4.13. The maximum Gasteiger partial charge on any atom is 0.319 e. The van der Waals surface area contributed by atoms with Crippen molar-refractivity contribution in [3.8, 4) is 0 Å². The molecule has 0 atom stereocenters. The second kappa shape index (κ2) is 8.11. The number of nitrogens with one attached hydrogen (secondary N) is 2. The van der Waals surface area contributed by atoms with Crippen molar-refractivity contribution in [2.24, 2.45) is 0 Å². The minimum Gasteiger partial charge on any atom is -0.379 e. The summed E-state index contributed by atoms with van der Waals surface area (Å²) in [7, 11) is 0.